The monoisotopic (exact) mass is 648 g/mol. The van der Waals surface area contributed by atoms with Gasteiger partial charge in [0.15, 0.2) is 0 Å². The molecule has 0 aliphatic heterocycles. The van der Waals surface area contributed by atoms with E-state index in [1.54, 1.807) is 36.4 Å². The third kappa shape index (κ3) is 9.96. The summed E-state index contributed by atoms with van der Waals surface area (Å²) in [5, 5.41) is 10.8. The Morgan fingerprint density at radius 1 is 0.674 bits per heavy atom. The van der Waals surface area contributed by atoms with Crippen LogP contribution in [0.15, 0.2) is 59.5 Å². The van der Waals surface area contributed by atoms with E-state index in [-0.39, 0.29) is 4.90 Å². The van der Waals surface area contributed by atoms with Crippen molar-refractivity contribution in [3.05, 3.63) is 60.3 Å². The maximum atomic E-state index is 13.3. The quantitative estimate of drug-likeness (QED) is 0.0950. The van der Waals surface area contributed by atoms with Crippen LogP contribution in [0.25, 0.3) is 10.9 Å². The van der Waals surface area contributed by atoms with Crippen LogP contribution in [0, 0.1) is 6.92 Å². The Morgan fingerprint density at radius 3 is 1.80 bits per heavy atom. The van der Waals surface area contributed by atoms with Crippen LogP contribution in [0.1, 0.15) is 46.2 Å². The van der Waals surface area contributed by atoms with Gasteiger partial charge >= 0.3 is 0 Å². The Morgan fingerprint density at radius 2 is 1.24 bits per heavy atom. The van der Waals surface area contributed by atoms with E-state index < -0.39 is 10.0 Å². The minimum absolute atomic E-state index is 0.129. The van der Waals surface area contributed by atoms with E-state index in [4.69, 9.17) is 0 Å². The first-order valence-electron chi connectivity index (χ1n) is 16.2. The molecule has 46 heavy (non-hydrogen) atoms. The second-order valence-corrected chi connectivity index (χ2v) is 12.7. The predicted molar refractivity (Wildman–Crippen MR) is 189 cm³/mol. The van der Waals surface area contributed by atoms with Crippen LogP contribution in [-0.4, -0.2) is 90.5 Å². The topological polar surface area (TPSA) is 140 Å². The summed E-state index contributed by atoms with van der Waals surface area (Å²) in [7, 11) is -3.85. The third-order valence-corrected chi connectivity index (χ3v) is 9.20. The average Bonchev–Trinajstić information content (AvgIpc) is 3.05. The number of pyridine rings is 1. The van der Waals surface area contributed by atoms with Crippen molar-refractivity contribution in [1.29, 1.82) is 0 Å². The zero-order valence-electron chi connectivity index (χ0n) is 27.7. The average molecular weight is 649 g/mol. The zero-order valence-corrected chi connectivity index (χ0v) is 28.5. The number of hydrogen-bond donors (Lipinski definition) is 4. The lowest BCUT2D eigenvalue weighted by Crippen LogP contribution is -2.26. The second kappa shape index (κ2) is 17.0. The van der Waals surface area contributed by atoms with Crippen LogP contribution in [-0.2, 0) is 10.0 Å². The molecule has 0 amide bonds. The third-order valence-electron chi connectivity index (χ3n) is 7.82. The van der Waals surface area contributed by atoms with E-state index in [9.17, 15) is 8.42 Å². The molecule has 4 rings (SSSR count). The van der Waals surface area contributed by atoms with Crippen LogP contribution in [0.5, 0.6) is 0 Å². The molecular formula is C33H48N10O2S. The summed E-state index contributed by atoms with van der Waals surface area (Å²) < 4.78 is 29.3. The lowest BCUT2D eigenvalue weighted by atomic mass is 10.2. The van der Waals surface area contributed by atoms with Crippen molar-refractivity contribution < 1.29 is 8.42 Å². The fourth-order valence-electron chi connectivity index (χ4n) is 5.05. The molecule has 0 aliphatic rings. The summed E-state index contributed by atoms with van der Waals surface area (Å²) in [4.78, 5) is 23.2. The van der Waals surface area contributed by atoms with Crippen LogP contribution in [0.4, 0.5) is 29.2 Å². The maximum absolute atomic E-state index is 13.3. The standard InChI is InChI=1S/C33H48N10O2S/c1-6-42(7-2)23-11-21-34-31-38-32(35-22-12-24-43(8-3)9-4)40-33(39-31)37-27-17-19-28(20-18-27)46(44,45)41-29-14-10-13-26-16-15-25(5)36-30(26)29/h10,13-20,41H,6-9,11-12,21-24H2,1-5H3,(H3,34,35,37,38,39,40). The summed E-state index contributed by atoms with van der Waals surface area (Å²) in [6, 6.07) is 15.7. The fraction of sp³-hybridized carbons (Fsp3) is 0.455. The Kier molecular flexibility index (Phi) is 12.9. The number of aryl methyl sites for hydroxylation is 1. The van der Waals surface area contributed by atoms with Crippen molar-refractivity contribution in [3.63, 3.8) is 0 Å². The van der Waals surface area contributed by atoms with E-state index in [1.807, 2.05) is 25.1 Å². The molecule has 0 bridgehead atoms. The van der Waals surface area contributed by atoms with Crippen molar-refractivity contribution in [3.8, 4) is 0 Å². The van der Waals surface area contributed by atoms with Gasteiger partial charge < -0.3 is 25.8 Å². The molecule has 0 atom stereocenters. The van der Waals surface area contributed by atoms with Crippen molar-refractivity contribution in [2.24, 2.45) is 0 Å². The summed E-state index contributed by atoms with van der Waals surface area (Å²) in [5.74, 6) is 1.31. The van der Waals surface area contributed by atoms with Crippen molar-refractivity contribution in [2.45, 2.75) is 52.4 Å². The van der Waals surface area contributed by atoms with Crippen LogP contribution in [0.2, 0.25) is 0 Å². The van der Waals surface area contributed by atoms with Gasteiger partial charge in [0.1, 0.15) is 0 Å². The number of sulfonamides is 1. The van der Waals surface area contributed by atoms with Gasteiger partial charge in [-0.25, -0.2) is 8.42 Å². The number of nitrogens with zero attached hydrogens (tertiary/aromatic N) is 6. The number of hydrogen-bond acceptors (Lipinski definition) is 11. The van der Waals surface area contributed by atoms with E-state index in [1.165, 1.54) is 0 Å². The van der Waals surface area contributed by atoms with E-state index in [0.717, 1.165) is 76.3 Å². The first-order chi connectivity index (χ1) is 22.2. The molecule has 0 saturated heterocycles. The number of benzene rings is 2. The van der Waals surface area contributed by atoms with Crippen molar-refractivity contribution in [2.75, 3.05) is 73.0 Å². The van der Waals surface area contributed by atoms with Gasteiger partial charge in [-0.1, -0.05) is 45.9 Å². The molecule has 248 valence electrons. The molecule has 4 aromatic rings. The first-order valence-corrected chi connectivity index (χ1v) is 17.7. The molecule has 0 unspecified atom stereocenters. The zero-order chi connectivity index (χ0) is 32.9. The lowest BCUT2D eigenvalue weighted by molar-refractivity contribution is 0.303. The lowest BCUT2D eigenvalue weighted by Gasteiger charge is -2.18. The van der Waals surface area contributed by atoms with Gasteiger partial charge in [0, 0.05) is 29.9 Å². The molecular weight excluding hydrogens is 600 g/mol. The summed E-state index contributed by atoms with van der Waals surface area (Å²) in [5.41, 5.74) is 2.49. The highest BCUT2D eigenvalue weighted by molar-refractivity contribution is 7.92. The number of nitrogens with one attached hydrogen (secondary N) is 4. The SMILES string of the molecule is CCN(CC)CCCNc1nc(NCCCN(CC)CC)nc(Nc2ccc(S(=O)(=O)Nc3cccc4ccc(C)nc34)cc2)n1. The van der Waals surface area contributed by atoms with Gasteiger partial charge in [0.25, 0.3) is 10.0 Å². The Hall–Kier alpha value is -4.07. The minimum Gasteiger partial charge on any atom is -0.354 e. The smallest absolute Gasteiger partial charge is 0.261 e. The highest BCUT2D eigenvalue weighted by atomic mass is 32.2. The minimum atomic E-state index is -3.85. The number of rotatable bonds is 19. The van der Waals surface area contributed by atoms with E-state index in [2.05, 4.69) is 78.1 Å². The maximum Gasteiger partial charge on any atom is 0.261 e. The number of aromatic nitrogens is 4. The first kappa shape index (κ1) is 34.8. The predicted octanol–water partition coefficient (Wildman–Crippen LogP) is 5.56. The molecule has 0 saturated carbocycles. The number of anilines is 5. The highest BCUT2D eigenvalue weighted by Gasteiger charge is 2.17. The molecule has 12 nitrogen and oxygen atoms in total. The van der Waals surface area contributed by atoms with Gasteiger partial charge in [0.2, 0.25) is 17.8 Å². The summed E-state index contributed by atoms with van der Waals surface area (Å²) in [6.45, 7) is 18.1. The van der Waals surface area contributed by atoms with Crippen LogP contribution >= 0.6 is 0 Å². The molecule has 2 aromatic carbocycles. The van der Waals surface area contributed by atoms with Crippen LogP contribution < -0.4 is 20.7 Å². The summed E-state index contributed by atoms with van der Waals surface area (Å²) in [6.07, 6.45) is 1.92. The van der Waals surface area contributed by atoms with Crippen molar-refractivity contribution in [1.82, 2.24) is 29.7 Å². The Labute approximate surface area is 273 Å². The Bertz CT molecular complexity index is 1600. The molecule has 4 N–H and O–H groups in total. The molecule has 2 aromatic heterocycles. The van der Waals surface area contributed by atoms with Gasteiger partial charge in [-0.15, -0.1) is 0 Å². The molecule has 13 heteroatoms. The van der Waals surface area contributed by atoms with Gasteiger partial charge in [-0.2, -0.15) is 15.0 Å². The normalized spacial score (nSPS) is 11.7. The fourth-order valence-corrected chi connectivity index (χ4v) is 6.12. The molecule has 0 spiro atoms. The molecule has 0 fully saturated rings. The van der Waals surface area contributed by atoms with Gasteiger partial charge in [0.05, 0.1) is 16.1 Å². The van der Waals surface area contributed by atoms with Crippen LogP contribution in [0.3, 0.4) is 0 Å². The van der Waals surface area contributed by atoms with Crippen molar-refractivity contribution >= 4 is 50.1 Å². The van der Waals surface area contributed by atoms with E-state index in [0.29, 0.717) is 34.7 Å². The number of para-hydroxylation sites is 1. The van der Waals surface area contributed by atoms with E-state index >= 15 is 0 Å². The molecule has 0 radical (unpaired) electrons. The largest absolute Gasteiger partial charge is 0.354 e. The highest BCUT2D eigenvalue weighted by Crippen LogP contribution is 2.26. The van der Waals surface area contributed by atoms with Gasteiger partial charge in [-0.05, 0) is 95.4 Å². The molecule has 0 aliphatic carbocycles. The van der Waals surface area contributed by atoms with Gasteiger partial charge in [-0.3, -0.25) is 9.71 Å². The second-order valence-electron chi connectivity index (χ2n) is 11.0. The number of fused-ring (bicyclic) bond motifs is 1. The summed E-state index contributed by atoms with van der Waals surface area (Å²) >= 11 is 0. The Balaban J connectivity index is 1.46. The molecule has 2 heterocycles.